The summed E-state index contributed by atoms with van der Waals surface area (Å²) in [6.07, 6.45) is 2.16. The second-order valence-corrected chi connectivity index (χ2v) is 6.89. The smallest absolute Gasteiger partial charge is 0.125 e. The van der Waals surface area contributed by atoms with E-state index in [0.717, 1.165) is 24.4 Å². The molecule has 0 N–H and O–H groups in total. The lowest BCUT2D eigenvalue weighted by Crippen LogP contribution is -2.10. The summed E-state index contributed by atoms with van der Waals surface area (Å²) in [5.74, 6) is 1.84. The highest BCUT2D eigenvalue weighted by atomic mass is 16.5. The lowest BCUT2D eigenvalue weighted by Gasteiger charge is -2.22. The van der Waals surface area contributed by atoms with Crippen LogP contribution in [-0.2, 0) is 17.8 Å². The van der Waals surface area contributed by atoms with Gasteiger partial charge in [-0.1, -0.05) is 27.4 Å². The van der Waals surface area contributed by atoms with Gasteiger partial charge in [-0.25, -0.2) is 0 Å². The van der Waals surface area contributed by atoms with Crippen LogP contribution in [0.4, 0.5) is 0 Å². The fraction of sp³-hybridized carbons (Fsp3) is 0.556. The molecule has 2 heteroatoms. The number of rotatable bonds is 3. The first kappa shape index (κ1) is 15.0. The molecule has 0 spiro atoms. The van der Waals surface area contributed by atoms with Crippen LogP contribution >= 0.6 is 0 Å². The third-order valence-corrected chi connectivity index (χ3v) is 4.20. The molecule has 110 valence electrons. The number of ether oxygens (including phenoxy) is 2. The number of benzene rings is 1. The number of methoxy groups -OCH3 is 1. The van der Waals surface area contributed by atoms with Gasteiger partial charge >= 0.3 is 0 Å². The molecule has 0 saturated heterocycles. The first-order valence-electron chi connectivity index (χ1n) is 7.27. The van der Waals surface area contributed by atoms with E-state index in [9.17, 15) is 0 Å². The first-order chi connectivity index (χ1) is 9.26. The van der Waals surface area contributed by atoms with Crippen molar-refractivity contribution in [1.82, 2.24) is 0 Å². The molecule has 0 bridgehead atoms. The molecule has 0 saturated carbocycles. The normalized spacial score (nSPS) is 14.2. The Morgan fingerprint density at radius 1 is 1.20 bits per heavy atom. The Morgan fingerprint density at radius 2 is 1.85 bits per heavy atom. The molecule has 0 fully saturated rings. The van der Waals surface area contributed by atoms with Gasteiger partial charge in [0.25, 0.3) is 0 Å². The van der Waals surface area contributed by atoms with Gasteiger partial charge in [0, 0.05) is 11.1 Å². The van der Waals surface area contributed by atoms with Gasteiger partial charge in [-0.3, -0.25) is 0 Å². The summed E-state index contributed by atoms with van der Waals surface area (Å²) in [6.45, 7) is 15.8. The number of hydrogen-bond donors (Lipinski definition) is 0. The van der Waals surface area contributed by atoms with Crippen LogP contribution in [0.1, 0.15) is 55.0 Å². The van der Waals surface area contributed by atoms with Crippen LogP contribution < -0.4 is 4.74 Å². The van der Waals surface area contributed by atoms with Crippen molar-refractivity contribution in [1.29, 1.82) is 0 Å². The summed E-state index contributed by atoms with van der Waals surface area (Å²) in [6, 6.07) is 0. The summed E-state index contributed by atoms with van der Waals surface area (Å²) >= 11 is 0. The highest BCUT2D eigenvalue weighted by Gasteiger charge is 2.27. The SMILES string of the molecule is C=C1OCc2c(C)c(OC)c(CCC(C)(C)C)c(C)c21. The van der Waals surface area contributed by atoms with E-state index in [-0.39, 0.29) is 0 Å². The van der Waals surface area contributed by atoms with E-state index in [1.807, 2.05) is 0 Å². The maximum atomic E-state index is 5.70. The van der Waals surface area contributed by atoms with E-state index in [4.69, 9.17) is 9.47 Å². The largest absolute Gasteiger partial charge is 0.496 e. The quantitative estimate of drug-likeness (QED) is 0.789. The van der Waals surface area contributed by atoms with Gasteiger partial charge in [-0.2, -0.15) is 0 Å². The molecular formula is C18H26O2. The van der Waals surface area contributed by atoms with Gasteiger partial charge in [0.05, 0.1) is 7.11 Å². The molecule has 20 heavy (non-hydrogen) atoms. The fourth-order valence-electron chi connectivity index (χ4n) is 2.97. The highest BCUT2D eigenvalue weighted by Crippen LogP contribution is 2.42. The minimum atomic E-state index is 0.317. The number of hydrogen-bond acceptors (Lipinski definition) is 2. The maximum Gasteiger partial charge on any atom is 0.125 e. The Bertz CT molecular complexity index is 548. The lowest BCUT2D eigenvalue weighted by molar-refractivity contribution is 0.285. The van der Waals surface area contributed by atoms with Crippen molar-refractivity contribution >= 4 is 5.76 Å². The second kappa shape index (κ2) is 5.16. The van der Waals surface area contributed by atoms with Crippen molar-refractivity contribution in [3.8, 4) is 5.75 Å². The minimum Gasteiger partial charge on any atom is -0.496 e. The Labute approximate surface area is 122 Å². The summed E-state index contributed by atoms with van der Waals surface area (Å²) in [7, 11) is 1.76. The summed E-state index contributed by atoms with van der Waals surface area (Å²) in [4.78, 5) is 0. The van der Waals surface area contributed by atoms with Gasteiger partial charge < -0.3 is 9.47 Å². The fourth-order valence-corrected chi connectivity index (χ4v) is 2.97. The van der Waals surface area contributed by atoms with Crippen LogP contribution in [-0.4, -0.2) is 7.11 Å². The predicted molar refractivity (Wildman–Crippen MR) is 84.1 cm³/mol. The molecular weight excluding hydrogens is 248 g/mol. The van der Waals surface area contributed by atoms with Crippen molar-refractivity contribution < 1.29 is 9.47 Å². The Morgan fingerprint density at radius 3 is 2.40 bits per heavy atom. The molecule has 0 amide bonds. The summed E-state index contributed by atoms with van der Waals surface area (Å²) in [5, 5.41) is 0. The topological polar surface area (TPSA) is 18.5 Å². The molecule has 0 radical (unpaired) electrons. The summed E-state index contributed by atoms with van der Waals surface area (Å²) < 4.78 is 11.3. The third-order valence-electron chi connectivity index (χ3n) is 4.20. The average Bonchev–Trinajstić information content (AvgIpc) is 2.73. The molecule has 1 aliphatic heterocycles. The molecule has 1 aromatic rings. The van der Waals surface area contributed by atoms with E-state index in [1.54, 1.807) is 7.11 Å². The highest BCUT2D eigenvalue weighted by molar-refractivity contribution is 5.73. The molecule has 2 nitrogen and oxygen atoms in total. The summed E-state index contributed by atoms with van der Waals surface area (Å²) in [5.41, 5.74) is 6.55. The molecule has 0 atom stereocenters. The van der Waals surface area contributed by atoms with Crippen molar-refractivity contribution in [2.75, 3.05) is 7.11 Å². The first-order valence-corrected chi connectivity index (χ1v) is 7.27. The van der Waals surface area contributed by atoms with Crippen LogP contribution in [0.2, 0.25) is 0 Å². The molecule has 1 aromatic carbocycles. The Kier molecular flexibility index (Phi) is 3.86. The van der Waals surface area contributed by atoms with Gasteiger partial charge in [-0.05, 0) is 48.8 Å². The van der Waals surface area contributed by atoms with E-state index >= 15 is 0 Å². The zero-order chi connectivity index (χ0) is 15.1. The lowest BCUT2D eigenvalue weighted by atomic mass is 9.84. The van der Waals surface area contributed by atoms with E-state index < -0.39 is 0 Å². The monoisotopic (exact) mass is 274 g/mol. The predicted octanol–water partition coefficient (Wildman–Crippen LogP) is 4.79. The van der Waals surface area contributed by atoms with Gasteiger partial charge in [-0.15, -0.1) is 0 Å². The molecule has 1 aliphatic rings. The molecule has 0 aliphatic carbocycles. The van der Waals surface area contributed by atoms with Crippen LogP contribution in [0.3, 0.4) is 0 Å². The minimum absolute atomic E-state index is 0.317. The second-order valence-electron chi connectivity index (χ2n) is 6.89. The van der Waals surface area contributed by atoms with E-state index in [0.29, 0.717) is 12.0 Å². The van der Waals surface area contributed by atoms with Crippen molar-refractivity contribution in [3.05, 3.63) is 34.4 Å². The maximum absolute atomic E-state index is 5.70. The van der Waals surface area contributed by atoms with Crippen molar-refractivity contribution in [2.45, 2.75) is 54.1 Å². The molecule has 0 unspecified atom stereocenters. The number of fused-ring (bicyclic) bond motifs is 1. The van der Waals surface area contributed by atoms with Crippen molar-refractivity contribution in [3.63, 3.8) is 0 Å². The van der Waals surface area contributed by atoms with E-state index in [2.05, 4.69) is 41.2 Å². The van der Waals surface area contributed by atoms with Crippen molar-refractivity contribution in [2.24, 2.45) is 5.41 Å². The van der Waals surface area contributed by atoms with Crippen LogP contribution in [0, 0.1) is 19.3 Å². The molecule has 0 aromatic heterocycles. The average molecular weight is 274 g/mol. The molecule has 1 heterocycles. The van der Waals surface area contributed by atoms with Crippen LogP contribution in [0.25, 0.3) is 5.76 Å². The zero-order valence-electron chi connectivity index (χ0n) is 13.6. The Hall–Kier alpha value is -1.44. The van der Waals surface area contributed by atoms with Crippen LogP contribution in [0.15, 0.2) is 6.58 Å². The van der Waals surface area contributed by atoms with Crippen LogP contribution in [0.5, 0.6) is 5.75 Å². The third kappa shape index (κ3) is 2.56. The standard InChI is InChI=1S/C18H26O2/c1-11-14(8-9-18(4,5)6)17(19-7)12(2)15-10-20-13(3)16(11)15/h3,8-10H2,1-2,4-7H3. The van der Waals surface area contributed by atoms with Gasteiger partial charge in [0.15, 0.2) is 0 Å². The van der Waals surface area contributed by atoms with Gasteiger partial charge in [0.2, 0.25) is 0 Å². The van der Waals surface area contributed by atoms with Gasteiger partial charge in [0.1, 0.15) is 18.1 Å². The zero-order valence-corrected chi connectivity index (χ0v) is 13.6. The Balaban J connectivity index is 2.53. The molecule has 2 rings (SSSR count). The van der Waals surface area contributed by atoms with E-state index in [1.165, 1.54) is 27.8 Å².